The van der Waals surface area contributed by atoms with Crippen LogP contribution in [0.1, 0.15) is 19.2 Å². The van der Waals surface area contributed by atoms with Gasteiger partial charge in [0.25, 0.3) is 0 Å². The van der Waals surface area contributed by atoms with Crippen LogP contribution in [0.2, 0.25) is 0 Å². The molecule has 2 aromatic rings. The van der Waals surface area contributed by atoms with E-state index in [1.54, 1.807) is 0 Å². The first-order valence-electron chi connectivity index (χ1n) is 5.78. The molecular weight excluding hydrogens is 249 g/mol. The minimum absolute atomic E-state index is 0.120. The lowest BCUT2D eigenvalue weighted by Crippen LogP contribution is -1.98. The molecule has 1 atom stereocenters. The number of halogens is 1. The zero-order valence-electron chi connectivity index (χ0n) is 10.3. The number of hydrogen-bond donors (Lipinski definition) is 1. The van der Waals surface area contributed by atoms with Crippen molar-refractivity contribution in [2.75, 3.05) is 0 Å². The quantitative estimate of drug-likeness (QED) is 0.914. The Morgan fingerprint density at radius 3 is 3.00 bits per heavy atom. The fourth-order valence-electron chi connectivity index (χ4n) is 1.63. The van der Waals surface area contributed by atoms with Crippen LogP contribution >= 0.6 is 0 Å². The molecule has 0 saturated heterocycles. The highest BCUT2D eigenvalue weighted by atomic mass is 19.1. The molecule has 0 saturated carbocycles. The van der Waals surface area contributed by atoms with Gasteiger partial charge in [0.2, 0.25) is 11.7 Å². The first kappa shape index (κ1) is 13.0. The molecule has 19 heavy (non-hydrogen) atoms. The van der Waals surface area contributed by atoms with Crippen molar-refractivity contribution in [3.8, 4) is 23.2 Å². The van der Waals surface area contributed by atoms with E-state index in [-0.39, 0.29) is 11.7 Å². The second-order valence-electron chi connectivity index (χ2n) is 4.35. The molecule has 2 rings (SSSR count). The molecule has 0 amide bonds. The molecule has 98 valence electrons. The fourth-order valence-corrected chi connectivity index (χ4v) is 1.63. The molecule has 0 aliphatic carbocycles. The van der Waals surface area contributed by atoms with Crippen molar-refractivity contribution < 1.29 is 14.0 Å². The van der Waals surface area contributed by atoms with Gasteiger partial charge in [-0.25, -0.2) is 4.39 Å². The van der Waals surface area contributed by atoms with Gasteiger partial charge in [0, 0.05) is 18.4 Å². The van der Waals surface area contributed by atoms with Gasteiger partial charge in [0.1, 0.15) is 0 Å². The van der Waals surface area contributed by atoms with E-state index >= 15 is 0 Å². The molecule has 1 aromatic heterocycles. The Labute approximate surface area is 109 Å². The number of nitrogens with zero attached hydrogens (tertiary/aromatic N) is 3. The monoisotopic (exact) mass is 261 g/mol. The maximum atomic E-state index is 13.2. The summed E-state index contributed by atoms with van der Waals surface area (Å²) in [6.07, 6.45) is 0.909. The number of benzene rings is 1. The average Bonchev–Trinajstić information content (AvgIpc) is 2.81. The van der Waals surface area contributed by atoms with Crippen molar-refractivity contribution in [1.82, 2.24) is 10.1 Å². The van der Waals surface area contributed by atoms with Crippen LogP contribution in [0.25, 0.3) is 11.4 Å². The van der Waals surface area contributed by atoms with E-state index in [4.69, 9.17) is 14.9 Å². The van der Waals surface area contributed by atoms with E-state index in [9.17, 15) is 4.39 Å². The Kier molecular flexibility index (Phi) is 3.76. The van der Waals surface area contributed by atoms with Gasteiger partial charge in [-0.3, -0.25) is 0 Å². The van der Waals surface area contributed by atoms with Gasteiger partial charge in [-0.1, -0.05) is 12.1 Å². The van der Waals surface area contributed by atoms with Crippen LogP contribution in [-0.2, 0) is 6.42 Å². The minimum atomic E-state index is -0.735. The van der Waals surface area contributed by atoms with Crippen molar-refractivity contribution in [2.45, 2.75) is 19.8 Å². The van der Waals surface area contributed by atoms with Crippen LogP contribution in [-0.4, -0.2) is 15.2 Å². The van der Waals surface area contributed by atoms with E-state index in [0.29, 0.717) is 24.3 Å². The standard InChI is InChI=1S/C13H12FN3O2/c1-8(4-5-15)6-12-16-13(17-19-12)9-2-3-11(18)10(14)7-9/h2-3,7-8,18H,4,6H2,1H3. The highest BCUT2D eigenvalue weighted by Crippen LogP contribution is 2.23. The number of aromatic nitrogens is 2. The summed E-state index contributed by atoms with van der Waals surface area (Å²) < 4.78 is 18.3. The van der Waals surface area contributed by atoms with Gasteiger partial charge in [0.05, 0.1) is 6.07 Å². The first-order chi connectivity index (χ1) is 9.10. The number of hydrogen-bond acceptors (Lipinski definition) is 5. The molecule has 1 aromatic carbocycles. The molecule has 0 aliphatic heterocycles. The first-order valence-corrected chi connectivity index (χ1v) is 5.78. The summed E-state index contributed by atoms with van der Waals surface area (Å²) in [4.78, 5) is 4.14. The molecular formula is C13H12FN3O2. The highest BCUT2D eigenvalue weighted by molar-refractivity contribution is 5.55. The van der Waals surface area contributed by atoms with Crippen LogP contribution in [0.15, 0.2) is 22.7 Å². The van der Waals surface area contributed by atoms with Crippen LogP contribution in [0.3, 0.4) is 0 Å². The smallest absolute Gasteiger partial charge is 0.227 e. The van der Waals surface area contributed by atoms with E-state index < -0.39 is 11.6 Å². The second kappa shape index (κ2) is 5.48. The Balaban J connectivity index is 2.16. The fraction of sp³-hybridized carbons (Fsp3) is 0.308. The van der Waals surface area contributed by atoms with Crippen molar-refractivity contribution in [1.29, 1.82) is 5.26 Å². The van der Waals surface area contributed by atoms with Crippen molar-refractivity contribution in [3.05, 3.63) is 29.9 Å². The number of nitriles is 1. The van der Waals surface area contributed by atoms with Gasteiger partial charge in [0.15, 0.2) is 11.6 Å². The Morgan fingerprint density at radius 1 is 1.53 bits per heavy atom. The van der Waals surface area contributed by atoms with Crippen LogP contribution in [0, 0.1) is 23.1 Å². The maximum absolute atomic E-state index is 13.2. The molecule has 5 nitrogen and oxygen atoms in total. The Hall–Kier alpha value is -2.42. The lowest BCUT2D eigenvalue weighted by molar-refractivity contribution is 0.359. The summed E-state index contributed by atoms with van der Waals surface area (Å²) in [6.45, 7) is 1.91. The number of rotatable bonds is 4. The molecule has 0 spiro atoms. The van der Waals surface area contributed by atoms with Crippen LogP contribution < -0.4 is 0 Å². The largest absolute Gasteiger partial charge is 0.505 e. The van der Waals surface area contributed by atoms with Gasteiger partial charge < -0.3 is 9.63 Å². The van der Waals surface area contributed by atoms with E-state index in [2.05, 4.69) is 16.2 Å². The lowest BCUT2D eigenvalue weighted by atomic mass is 10.1. The normalized spacial score (nSPS) is 12.1. The molecule has 0 aliphatic rings. The van der Waals surface area contributed by atoms with E-state index in [1.807, 2.05) is 6.92 Å². The van der Waals surface area contributed by atoms with Crippen LogP contribution in [0.5, 0.6) is 5.75 Å². The summed E-state index contributed by atoms with van der Waals surface area (Å²) in [5.41, 5.74) is 0.429. The van der Waals surface area contributed by atoms with Gasteiger partial charge >= 0.3 is 0 Å². The highest BCUT2D eigenvalue weighted by Gasteiger charge is 2.13. The van der Waals surface area contributed by atoms with Crippen molar-refractivity contribution >= 4 is 0 Å². The number of aromatic hydroxyl groups is 1. The molecule has 1 unspecified atom stereocenters. The topological polar surface area (TPSA) is 82.9 Å². The average molecular weight is 261 g/mol. The van der Waals surface area contributed by atoms with Crippen LogP contribution in [0.4, 0.5) is 4.39 Å². The predicted octanol–water partition coefficient (Wildman–Crippen LogP) is 2.67. The Bertz CT molecular complexity index is 619. The predicted molar refractivity (Wildman–Crippen MR) is 64.5 cm³/mol. The van der Waals surface area contributed by atoms with Gasteiger partial charge in [-0.2, -0.15) is 10.2 Å². The molecule has 0 bridgehead atoms. The number of phenols is 1. The summed E-state index contributed by atoms with van der Waals surface area (Å²) in [5.74, 6) is -0.365. The van der Waals surface area contributed by atoms with E-state index in [0.717, 1.165) is 6.07 Å². The van der Waals surface area contributed by atoms with Crippen molar-refractivity contribution in [3.63, 3.8) is 0 Å². The third kappa shape index (κ3) is 3.07. The van der Waals surface area contributed by atoms with Crippen molar-refractivity contribution in [2.24, 2.45) is 5.92 Å². The molecule has 1 heterocycles. The molecule has 6 heteroatoms. The number of phenolic OH excluding ortho intramolecular Hbond substituents is 1. The van der Waals surface area contributed by atoms with E-state index in [1.165, 1.54) is 12.1 Å². The summed E-state index contributed by atoms with van der Waals surface area (Å²) in [5, 5.41) is 21.4. The molecule has 0 radical (unpaired) electrons. The maximum Gasteiger partial charge on any atom is 0.227 e. The zero-order chi connectivity index (χ0) is 13.8. The van der Waals surface area contributed by atoms with Gasteiger partial charge in [-0.05, 0) is 24.1 Å². The summed E-state index contributed by atoms with van der Waals surface area (Å²) in [6, 6.07) is 5.96. The third-order valence-corrected chi connectivity index (χ3v) is 2.64. The SMILES string of the molecule is CC(CC#N)Cc1nc(-c2ccc(O)c(F)c2)no1. The van der Waals surface area contributed by atoms with Gasteiger partial charge in [-0.15, -0.1) is 0 Å². The lowest BCUT2D eigenvalue weighted by Gasteiger charge is -2.00. The second-order valence-corrected chi connectivity index (χ2v) is 4.35. The zero-order valence-corrected chi connectivity index (χ0v) is 10.3. The summed E-state index contributed by atoms with van der Waals surface area (Å²) in [7, 11) is 0. The minimum Gasteiger partial charge on any atom is -0.505 e. The summed E-state index contributed by atoms with van der Waals surface area (Å²) >= 11 is 0. The third-order valence-electron chi connectivity index (χ3n) is 2.64. The Morgan fingerprint density at radius 2 is 2.32 bits per heavy atom. The molecule has 0 fully saturated rings. The molecule has 1 N–H and O–H groups in total.